The highest BCUT2D eigenvalue weighted by Crippen LogP contribution is 2.44. The predicted octanol–water partition coefficient (Wildman–Crippen LogP) is 16.7. The predicted molar refractivity (Wildman–Crippen MR) is 270 cm³/mol. The van der Waals surface area contributed by atoms with Crippen molar-refractivity contribution in [3.05, 3.63) is 255 Å². The summed E-state index contributed by atoms with van der Waals surface area (Å²) in [6.07, 6.45) is 0. The number of hydrogen-bond donors (Lipinski definition) is 0. The number of hydrogen-bond acceptors (Lipinski definition) is 0. The first-order valence-electron chi connectivity index (χ1n) is 22.0. The zero-order chi connectivity index (χ0) is 42.4. The molecule has 10 aromatic carbocycles. The van der Waals surface area contributed by atoms with E-state index in [2.05, 4.69) is 264 Å². The first-order valence-corrected chi connectivity index (χ1v) is 22.0. The third-order valence-electron chi connectivity index (χ3n) is 12.7. The maximum atomic E-state index is 2.52. The summed E-state index contributed by atoms with van der Waals surface area (Å²) in [4.78, 5) is 0. The minimum absolute atomic E-state index is 1.12. The molecule has 12 aromatic rings. The zero-order valence-corrected chi connectivity index (χ0v) is 35.1. The van der Waals surface area contributed by atoms with Gasteiger partial charge in [0.05, 0.1) is 22.2 Å². The Hall–Kier alpha value is -8.46. The van der Waals surface area contributed by atoms with E-state index in [-0.39, 0.29) is 0 Å². The lowest BCUT2D eigenvalue weighted by atomic mass is 9.93. The van der Waals surface area contributed by atoms with E-state index in [1.165, 1.54) is 82.9 Å². The third kappa shape index (κ3) is 6.61. The standard InChI is InChI=1S/C62H42N2/c1-7-19-43(20-8-1)49-35-50(44-21-9-2-10-22-44)37-51(36-49)48-31-33-59-57(41-48)56-32-34-60-58(42-61(47-27-15-5-16-28-47)63(60)54-29-17-6-18-30-54)62(56)64(59)55-39-52(45-23-11-3-12-24-45)38-53(40-55)46-25-13-4-14-26-46/h1-42H. The fourth-order valence-corrected chi connectivity index (χ4v) is 9.64. The smallest absolute Gasteiger partial charge is 0.0635 e. The molecule has 0 saturated heterocycles. The molecule has 0 atom stereocenters. The fraction of sp³-hybridized carbons (Fsp3) is 0. The molecule has 0 aliphatic carbocycles. The summed E-state index contributed by atoms with van der Waals surface area (Å²) >= 11 is 0. The number of rotatable bonds is 8. The van der Waals surface area contributed by atoms with Crippen molar-refractivity contribution in [1.29, 1.82) is 0 Å². The lowest BCUT2D eigenvalue weighted by Gasteiger charge is -2.15. The Morgan fingerprint density at radius 1 is 0.203 bits per heavy atom. The molecule has 0 radical (unpaired) electrons. The van der Waals surface area contributed by atoms with Gasteiger partial charge in [-0.1, -0.05) is 182 Å². The van der Waals surface area contributed by atoms with E-state index < -0.39 is 0 Å². The van der Waals surface area contributed by atoms with Crippen molar-refractivity contribution >= 4 is 32.7 Å². The van der Waals surface area contributed by atoms with Gasteiger partial charge in [-0.05, 0) is 134 Å². The highest BCUT2D eigenvalue weighted by Gasteiger charge is 2.22. The second kappa shape index (κ2) is 15.8. The molecule has 64 heavy (non-hydrogen) atoms. The van der Waals surface area contributed by atoms with Gasteiger partial charge >= 0.3 is 0 Å². The highest BCUT2D eigenvalue weighted by molar-refractivity contribution is 6.20. The van der Waals surface area contributed by atoms with Crippen molar-refractivity contribution in [2.75, 3.05) is 0 Å². The van der Waals surface area contributed by atoms with Gasteiger partial charge in [0.25, 0.3) is 0 Å². The van der Waals surface area contributed by atoms with Gasteiger partial charge in [0.2, 0.25) is 0 Å². The number of fused-ring (bicyclic) bond motifs is 5. The Bertz CT molecular complexity index is 3490. The molecule has 0 aliphatic heterocycles. The molecule has 2 nitrogen and oxygen atoms in total. The summed E-state index contributed by atoms with van der Waals surface area (Å²) in [6.45, 7) is 0. The van der Waals surface area contributed by atoms with Gasteiger partial charge in [-0.25, -0.2) is 0 Å². The van der Waals surface area contributed by atoms with Crippen LogP contribution in [0.3, 0.4) is 0 Å². The second-order valence-corrected chi connectivity index (χ2v) is 16.6. The largest absolute Gasteiger partial charge is 0.309 e. The van der Waals surface area contributed by atoms with E-state index >= 15 is 0 Å². The van der Waals surface area contributed by atoms with Crippen molar-refractivity contribution in [3.8, 4) is 78.3 Å². The van der Waals surface area contributed by atoms with Crippen LogP contribution in [-0.4, -0.2) is 9.13 Å². The van der Waals surface area contributed by atoms with Gasteiger partial charge in [0.1, 0.15) is 0 Å². The van der Waals surface area contributed by atoms with Gasteiger partial charge in [-0.3, -0.25) is 0 Å². The Morgan fingerprint density at radius 2 is 0.594 bits per heavy atom. The molecule has 0 N–H and O–H groups in total. The summed E-state index contributed by atoms with van der Waals surface area (Å²) in [5, 5.41) is 3.62. The van der Waals surface area contributed by atoms with Crippen LogP contribution in [0.1, 0.15) is 0 Å². The first-order chi connectivity index (χ1) is 31.7. The molecule has 2 heterocycles. The van der Waals surface area contributed by atoms with Crippen LogP contribution in [0, 0.1) is 0 Å². The van der Waals surface area contributed by atoms with E-state index in [4.69, 9.17) is 0 Å². The first kappa shape index (κ1) is 37.3. The van der Waals surface area contributed by atoms with Gasteiger partial charge in [0.15, 0.2) is 0 Å². The molecule has 0 saturated carbocycles. The Labute approximate surface area is 373 Å². The molecular formula is C62H42N2. The molecule has 2 aromatic heterocycles. The summed E-state index contributed by atoms with van der Waals surface area (Å²) in [7, 11) is 0. The topological polar surface area (TPSA) is 9.86 Å². The molecule has 0 bridgehead atoms. The Balaban J connectivity index is 1.17. The van der Waals surface area contributed by atoms with E-state index in [9.17, 15) is 0 Å². The monoisotopic (exact) mass is 814 g/mol. The lowest BCUT2D eigenvalue weighted by Crippen LogP contribution is -1.97. The number of para-hydroxylation sites is 1. The van der Waals surface area contributed by atoms with Gasteiger partial charge in [-0.15, -0.1) is 0 Å². The quantitative estimate of drug-likeness (QED) is 0.145. The van der Waals surface area contributed by atoms with Crippen molar-refractivity contribution < 1.29 is 0 Å². The molecule has 0 spiro atoms. The molecule has 0 fully saturated rings. The average Bonchev–Trinajstić information content (AvgIpc) is 3.94. The maximum Gasteiger partial charge on any atom is 0.0635 e. The minimum atomic E-state index is 1.12. The summed E-state index contributed by atoms with van der Waals surface area (Å²) in [5.74, 6) is 0. The van der Waals surface area contributed by atoms with E-state index in [0.29, 0.717) is 0 Å². The van der Waals surface area contributed by atoms with Crippen LogP contribution < -0.4 is 0 Å². The third-order valence-corrected chi connectivity index (χ3v) is 12.7. The fourth-order valence-electron chi connectivity index (χ4n) is 9.64. The van der Waals surface area contributed by atoms with Crippen LogP contribution in [-0.2, 0) is 0 Å². The van der Waals surface area contributed by atoms with E-state index in [1.807, 2.05) is 0 Å². The highest BCUT2D eigenvalue weighted by atomic mass is 15.0. The van der Waals surface area contributed by atoms with Gasteiger partial charge < -0.3 is 9.13 Å². The lowest BCUT2D eigenvalue weighted by molar-refractivity contribution is 1.13. The molecular weight excluding hydrogens is 773 g/mol. The molecule has 0 amide bonds. The van der Waals surface area contributed by atoms with Crippen LogP contribution in [0.15, 0.2) is 255 Å². The number of aromatic nitrogens is 2. The van der Waals surface area contributed by atoms with Crippen LogP contribution >= 0.6 is 0 Å². The number of benzene rings is 10. The van der Waals surface area contributed by atoms with Crippen molar-refractivity contribution in [1.82, 2.24) is 9.13 Å². The zero-order valence-electron chi connectivity index (χ0n) is 35.1. The van der Waals surface area contributed by atoms with Crippen LogP contribution in [0.2, 0.25) is 0 Å². The Kier molecular flexibility index (Phi) is 9.20. The maximum absolute atomic E-state index is 2.52. The van der Waals surface area contributed by atoms with Crippen molar-refractivity contribution in [3.63, 3.8) is 0 Å². The number of nitrogens with zero attached hydrogens (tertiary/aromatic N) is 2. The molecule has 0 unspecified atom stereocenters. The van der Waals surface area contributed by atoms with Crippen LogP contribution in [0.4, 0.5) is 0 Å². The van der Waals surface area contributed by atoms with Gasteiger partial charge in [-0.2, -0.15) is 0 Å². The van der Waals surface area contributed by atoms with Crippen molar-refractivity contribution in [2.24, 2.45) is 0 Å². The van der Waals surface area contributed by atoms with Crippen LogP contribution in [0.25, 0.3) is 111 Å². The van der Waals surface area contributed by atoms with Crippen molar-refractivity contribution in [2.45, 2.75) is 0 Å². The van der Waals surface area contributed by atoms with Gasteiger partial charge in [0, 0.05) is 27.5 Å². The second-order valence-electron chi connectivity index (χ2n) is 16.6. The summed E-state index contributed by atoms with van der Waals surface area (Å²) < 4.78 is 4.95. The van der Waals surface area contributed by atoms with E-state index in [1.54, 1.807) is 0 Å². The average molecular weight is 815 g/mol. The SMILES string of the molecule is c1ccc(-c2cc(-c3ccccc3)cc(-c3ccc4c(c3)c3ccc5c(cc(-c6ccccc6)n5-c5ccccc5)c3n4-c3cc(-c4ccccc4)cc(-c4ccccc4)c3)c2)cc1. The molecule has 12 rings (SSSR count). The minimum Gasteiger partial charge on any atom is -0.309 e. The normalized spacial score (nSPS) is 11.4. The van der Waals surface area contributed by atoms with Crippen LogP contribution in [0.5, 0.6) is 0 Å². The summed E-state index contributed by atoms with van der Waals surface area (Å²) in [6, 6.07) is 92.8. The van der Waals surface area contributed by atoms with E-state index in [0.717, 1.165) is 28.1 Å². The molecule has 300 valence electrons. The Morgan fingerprint density at radius 3 is 1.08 bits per heavy atom. The molecule has 0 aliphatic rings. The summed E-state index contributed by atoms with van der Waals surface area (Å²) in [5.41, 5.74) is 19.9. The molecule has 2 heteroatoms.